The van der Waals surface area contributed by atoms with Gasteiger partial charge in [-0.1, -0.05) is 20.8 Å². The number of hydrazine groups is 1. The molecule has 3 heteroatoms. The number of amides is 1. The Morgan fingerprint density at radius 1 is 1.40 bits per heavy atom. The van der Waals surface area contributed by atoms with Crippen LogP contribution in [0.3, 0.4) is 0 Å². The first-order valence-electron chi connectivity index (χ1n) is 3.49. The van der Waals surface area contributed by atoms with E-state index < -0.39 is 0 Å². The van der Waals surface area contributed by atoms with E-state index in [0.717, 1.165) is 5.01 Å². The largest absolute Gasteiger partial charge is 0.284 e. The Morgan fingerprint density at radius 3 is 1.90 bits per heavy atom. The summed E-state index contributed by atoms with van der Waals surface area (Å²) in [7, 11) is 1.57. The fraction of sp³-hybridized carbons (Fsp3) is 0.857. The third kappa shape index (κ3) is 2.35. The summed E-state index contributed by atoms with van der Waals surface area (Å²) in [6.07, 6.45) is 0. The second-order valence-corrected chi connectivity index (χ2v) is 2.98. The topological polar surface area (TPSA) is 46.3 Å². The van der Waals surface area contributed by atoms with Gasteiger partial charge in [0.2, 0.25) is 5.91 Å². The first-order valence-corrected chi connectivity index (χ1v) is 3.49. The fourth-order valence-electron chi connectivity index (χ4n) is 0.606. The maximum absolute atomic E-state index is 11.1. The Labute approximate surface area is 62.2 Å². The van der Waals surface area contributed by atoms with Gasteiger partial charge < -0.3 is 0 Å². The molecular formula is C7H16N2O. The van der Waals surface area contributed by atoms with E-state index in [4.69, 9.17) is 5.84 Å². The minimum atomic E-state index is -0.00463. The highest BCUT2D eigenvalue weighted by atomic mass is 16.2. The molecule has 0 aliphatic carbocycles. The molecule has 0 heterocycles. The van der Waals surface area contributed by atoms with Crippen molar-refractivity contribution in [3.8, 4) is 0 Å². The second kappa shape index (κ2) is 3.56. The Hall–Kier alpha value is -0.570. The standard InChI is InChI=1S/C7H16N2O/c1-5(2)6(3)7(10)9(4)8/h5-6H,8H2,1-4H3. The van der Waals surface area contributed by atoms with Crippen molar-refractivity contribution >= 4 is 5.91 Å². The van der Waals surface area contributed by atoms with Gasteiger partial charge in [-0.15, -0.1) is 0 Å². The smallest absolute Gasteiger partial charge is 0.239 e. The number of carbonyl (C=O) groups excluding carboxylic acids is 1. The van der Waals surface area contributed by atoms with Gasteiger partial charge in [0.05, 0.1) is 0 Å². The van der Waals surface area contributed by atoms with Crippen molar-refractivity contribution in [3.63, 3.8) is 0 Å². The molecule has 60 valence electrons. The Kier molecular flexibility index (Phi) is 3.36. The highest BCUT2D eigenvalue weighted by Crippen LogP contribution is 2.10. The van der Waals surface area contributed by atoms with Crippen molar-refractivity contribution in [1.29, 1.82) is 0 Å². The molecule has 1 atom stereocenters. The van der Waals surface area contributed by atoms with Crippen LogP contribution in [-0.4, -0.2) is 18.0 Å². The molecule has 0 bridgehead atoms. The van der Waals surface area contributed by atoms with Crippen molar-refractivity contribution in [2.24, 2.45) is 17.7 Å². The van der Waals surface area contributed by atoms with Crippen LogP contribution in [0.5, 0.6) is 0 Å². The van der Waals surface area contributed by atoms with Crippen molar-refractivity contribution in [2.45, 2.75) is 20.8 Å². The van der Waals surface area contributed by atoms with Crippen LogP contribution >= 0.6 is 0 Å². The molecule has 0 fully saturated rings. The molecule has 1 amide bonds. The molecule has 3 nitrogen and oxygen atoms in total. The van der Waals surface area contributed by atoms with Crippen molar-refractivity contribution in [3.05, 3.63) is 0 Å². The lowest BCUT2D eigenvalue weighted by Crippen LogP contribution is -2.38. The minimum absolute atomic E-state index is 0.00463. The van der Waals surface area contributed by atoms with Gasteiger partial charge in [0.1, 0.15) is 0 Å². The third-order valence-electron chi connectivity index (χ3n) is 1.74. The molecule has 0 aromatic rings. The third-order valence-corrected chi connectivity index (χ3v) is 1.74. The lowest BCUT2D eigenvalue weighted by Gasteiger charge is -2.18. The number of carbonyl (C=O) groups is 1. The highest BCUT2D eigenvalue weighted by molar-refractivity contribution is 5.77. The minimum Gasteiger partial charge on any atom is -0.284 e. The number of nitrogens with two attached hydrogens (primary N) is 1. The van der Waals surface area contributed by atoms with Crippen LogP contribution in [0.25, 0.3) is 0 Å². The summed E-state index contributed by atoms with van der Waals surface area (Å²) in [5.74, 6) is 5.64. The zero-order valence-electron chi connectivity index (χ0n) is 7.09. The molecule has 0 aliphatic heterocycles. The first-order chi connectivity index (χ1) is 4.46. The summed E-state index contributed by atoms with van der Waals surface area (Å²) in [6.45, 7) is 5.90. The fourth-order valence-corrected chi connectivity index (χ4v) is 0.606. The zero-order valence-corrected chi connectivity index (χ0v) is 7.09. The maximum atomic E-state index is 11.1. The Morgan fingerprint density at radius 2 is 1.80 bits per heavy atom. The van der Waals surface area contributed by atoms with Gasteiger partial charge in [-0.05, 0) is 5.92 Å². The molecule has 2 N–H and O–H groups in total. The molecule has 0 saturated carbocycles. The van der Waals surface area contributed by atoms with E-state index in [1.807, 2.05) is 20.8 Å². The molecule has 0 aromatic carbocycles. The van der Waals surface area contributed by atoms with Crippen LogP contribution in [-0.2, 0) is 4.79 Å². The van der Waals surface area contributed by atoms with E-state index in [1.54, 1.807) is 7.05 Å². The van der Waals surface area contributed by atoms with Crippen molar-refractivity contribution < 1.29 is 4.79 Å². The van der Waals surface area contributed by atoms with Gasteiger partial charge in [0.15, 0.2) is 0 Å². The monoisotopic (exact) mass is 144 g/mol. The molecule has 0 radical (unpaired) electrons. The van der Waals surface area contributed by atoms with Gasteiger partial charge >= 0.3 is 0 Å². The summed E-state index contributed by atoms with van der Waals surface area (Å²) in [6, 6.07) is 0. The Balaban J connectivity index is 3.95. The molecule has 0 rings (SSSR count). The maximum Gasteiger partial charge on any atom is 0.239 e. The first kappa shape index (κ1) is 9.43. The van der Waals surface area contributed by atoms with Gasteiger partial charge in [0, 0.05) is 13.0 Å². The summed E-state index contributed by atoms with van der Waals surface area (Å²) < 4.78 is 0. The lowest BCUT2D eigenvalue weighted by atomic mass is 9.97. The number of rotatable bonds is 2. The second-order valence-electron chi connectivity index (χ2n) is 2.98. The molecule has 0 aliphatic rings. The van der Waals surface area contributed by atoms with E-state index in [-0.39, 0.29) is 11.8 Å². The van der Waals surface area contributed by atoms with E-state index >= 15 is 0 Å². The number of hydrogen-bond acceptors (Lipinski definition) is 2. The van der Waals surface area contributed by atoms with Crippen LogP contribution < -0.4 is 5.84 Å². The van der Waals surface area contributed by atoms with Crippen molar-refractivity contribution in [2.75, 3.05) is 7.05 Å². The zero-order chi connectivity index (χ0) is 8.31. The molecule has 1 unspecified atom stereocenters. The van der Waals surface area contributed by atoms with E-state index in [2.05, 4.69) is 0 Å². The molecule has 0 spiro atoms. The van der Waals surface area contributed by atoms with Crippen LogP contribution in [0.4, 0.5) is 0 Å². The van der Waals surface area contributed by atoms with Crippen LogP contribution in [0.15, 0.2) is 0 Å². The predicted octanol–water partition coefficient (Wildman–Crippen LogP) is 0.611. The number of nitrogens with zero attached hydrogens (tertiary/aromatic N) is 1. The van der Waals surface area contributed by atoms with E-state index in [1.165, 1.54) is 0 Å². The number of hydrogen-bond donors (Lipinski definition) is 1. The predicted molar refractivity (Wildman–Crippen MR) is 41.0 cm³/mol. The van der Waals surface area contributed by atoms with Gasteiger partial charge in [0.25, 0.3) is 0 Å². The van der Waals surface area contributed by atoms with Gasteiger partial charge in [-0.3, -0.25) is 9.80 Å². The van der Waals surface area contributed by atoms with Crippen LogP contribution in [0, 0.1) is 11.8 Å². The summed E-state index contributed by atoms with van der Waals surface area (Å²) in [5.41, 5.74) is 0. The quantitative estimate of drug-likeness (QED) is 0.350. The summed E-state index contributed by atoms with van der Waals surface area (Å²) >= 11 is 0. The lowest BCUT2D eigenvalue weighted by molar-refractivity contribution is -0.135. The molecule has 10 heavy (non-hydrogen) atoms. The summed E-state index contributed by atoms with van der Waals surface area (Å²) in [4.78, 5) is 11.1. The molecular weight excluding hydrogens is 128 g/mol. The SMILES string of the molecule is CC(C)C(C)C(=O)N(C)N. The molecule has 0 aromatic heterocycles. The van der Waals surface area contributed by atoms with Crippen LogP contribution in [0.1, 0.15) is 20.8 Å². The van der Waals surface area contributed by atoms with E-state index in [9.17, 15) is 4.79 Å². The average Bonchev–Trinajstić information content (AvgIpc) is 1.84. The Bertz CT molecular complexity index is 121. The van der Waals surface area contributed by atoms with Gasteiger partial charge in [-0.2, -0.15) is 0 Å². The van der Waals surface area contributed by atoms with Crippen LogP contribution in [0.2, 0.25) is 0 Å². The average molecular weight is 144 g/mol. The highest BCUT2D eigenvalue weighted by Gasteiger charge is 2.17. The van der Waals surface area contributed by atoms with Gasteiger partial charge in [-0.25, -0.2) is 5.84 Å². The normalized spacial score (nSPS) is 13.4. The molecule has 0 saturated heterocycles. The summed E-state index contributed by atoms with van der Waals surface area (Å²) in [5, 5.41) is 1.14. The van der Waals surface area contributed by atoms with Crippen molar-refractivity contribution in [1.82, 2.24) is 5.01 Å². The van der Waals surface area contributed by atoms with E-state index in [0.29, 0.717) is 5.92 Å².